The highest BCUT2D eigenvalue weighted by Gasteiger charge is 2.21. The molecule has 5 heteroatoms. The summed E-state index contributed by atoms with van der Waals surface area (Å²) in [5.74, 6) is 0.988. The number of nitrogens with zero attached hydrogens (tertiary/aromatic N) is 2. The number of hydrogen-bond donors (Lipinski definition) is 2. The van der Waals surface area contributed by atoms with Crippen molar-refractivity contribution in [2.45, 2.75) is 32.2 Å². The minimum absolute atomic E-state index is 0.669. The number of morpholine rings is 1. The first kappa shape index (κ1) is 13.6. The van der Waals surface area contributed by atoms with Crippen molar-refractivity contribution in [2.75, 3.05) is 45.9 Å². The Hall–Kier alpha value is -0.810. The molecule has 1 saturated carbocycles. The van der Waals surface area contributed by atoms with Crippen molar-refractivity contribution in [3.63, 3.8) is 0 Å². The molecule has 0 amide bonds. The SMILES string of the molecule is CCNC(=NCCCN1CCOCC1)NC1CC1. The molecule has 2 aliphatic rings. The minimum Gasteiger partial charge on any atom is -0.379 e. The van der Waals surface area contributed by atoms with Crippen LogP contribution in [0.15, 0.2) is 4.99 Å². The van der Waals surface area contributed by atoms with Gasteiger partial charge in [-0.3, -0.25) is 9.89 Å². The zero-order valence-corrected chi connectivity index (χ0v) is 11.5. The van der Waals surface area contributed by atoms with Crippen LogP contribution in [0.4, 0.5) is 0 Å². The highest BCUT2D eigenvalue weighted by Crippen LogP contribution is 2.18. The van der Waals surface area contributed by atoms with Crippen LogP contribution in [0.2, 0.25) is 0 Å². The van der Waals surface area contributed by atoms with Gasteiger partial charge in [0.15, 0.2) is 5.96 Å². The van der Waals surface area contributed by atoms with Crippen molar-refractivity contribution in [1.29, 1.82) is 0 Å². The summed E-state index contributed by atoms with van der Waals surface area (Å²) in [6.45, 7) is 8.99. The zero-order chi connectivity index (χ0) is 12.6. The van der Waals surface area contributed by atoms with Crippen LogP contribution in [0.25, 0.3) is 0 Å². The van der Waals surface area contributed by atoms with E-state index in [0.29, 0.717) is 6.04 Å². The Morgan fingerprint density at radius 1 is 1.33 bits per heavy atom. The fourth-order valence-corrected chi connectivity index (χ4v) is 2.05. The lowest BCUT2D eigenvalue weighted by Crippen LogP contribution is -2.39. The first-order valence-electron chi connectivity index (χ1n) is 7.23. The predicted octanol–water partition coefficient (Wildman–Crippen LogP) is 0.426. The van der Waals surface area contributed by atoms with Gasteiger partial charge in [0.1, 0.15) is 0 Å². The second-order valence-corrected chi connectivity index (χ2v) is 4.99. The van der Waals surface area contributed by atoms with Crippen LogP contribution in [0.1, 0.15) is 26.2 Å². The maximum atomic E-state index is 5.34. The molecule has 1 saturated heterocycles. The third-order valence-electron chi connectivity index (χ3n) is 3.27. The van der Waals surface area contributed by atoms with Crippen LogP contribution >= 0.6 is 0 Å². The van der Waals surface area contributed by atoms with Crippen molar-refractivity contribution >= 4 is 5.96 Å². The van der Waals surface area contributed by atoms with E-state index in [1.165, 1.54) is 12.8 Å². The van der Waals surface area contributed by atoms with Gasteiger partial charge in [0.25, 0.3) is 0 Å². The molecule has 0 aromatic carbocycles. The molecule has 0 aromatic heterocycles. The Morgan fingerprint density at radius 2 is 2.11 bits per heavy atom. The number of guanidine groups is 1. The average molecular weight is 254 g/mol. The molecule has 104 valence electrons. The Morgan fingerprint density at radius 3 is 2.78 bits per heavy atom. The van der Waals surface area contributed by atoms with E-state index in [2.05, 4.69) is 27.4 Å². The lowest BCUT2D eigenvalue weighted by atomic mass is 10.3. The third kappa shape index (κ3) is 5.23. The second kappa shape index (κ2) is 7.59. The van der Waals surface area contributed by atoms with Crippen molar-refractivity contribution in [3.8, 4) is 0 Å². The van der Waals surface area contributed by atoms with E-state index in [9.17, 15) is 0 Å². The summed E-state index contributed by atoms with van der Waals surface area (Å²) in [6, 6.07) is 0.669. The van der Waals surface area contributed by atoms with Gasteiger partial charge < -0.3 is 15.4 Å². The van der Waals surface area contributed by atoms with E-state index < -0.39 is 0 Å². The van der Waals surface area contributed by atoms with Crippen LogP contribution in [-0.2, 0) is 4.74 Å². The molecule has 2 N–H and O–H groups in total. The first-order chi connectivity index (χ1) is 8.88. The smallest absolute Gasteiger partial charge is 0.191 e. The minimum atomic E-state index is 0.669. The number of nitrogens with one attached hydrogen (secondary N) is 2. The molecule has 0 aromatic rings. The van der Waals surface area contributed by atoms with Crippen LogP contribution in [0.3, 0.4) is 0 Å². The number of ether oxygens (including phenoxy) is 1. The van der Waals surface area contributed by atoms with Crippen LogP contribution in [0, 0.1) is 0 Å². The largest absolute Gasteiger partial charge is 0.379 e. The van der Waals surface area contributed by atoms with E-state index >= 15 is 0 Å². The fraction of sp³-hybridized carbons (Fsp3) is 0.923. The maximum Gasteiger partial charge on any atom is 0.191 e. The summed E-state index contributed by atoms with van der Waals surface area (Å²) in [5.41, 5.74) is 0. The van der Waals surface area contributed by atoms with Crippen LogP contribution in [0.5, 0.6) is 0 Å². The van der Waals surface area contributed by atoms with E-state index in [1.807, 2.05) is 0 Å². The molecule has 0 unspecified atom stereocenters. The highest BCUT2D eigenvalue weighted by atomic mass is 16.5. The van der Waals surface area contributed by atoms with Gasteiger partial charge in [-0.15, -0.1) is 0 Å². The average Bonchev–Trinajstić information content (AvgIpc) is 3.20. The maximum absolute atomic E-state index is 5.34. The lowest BCUT2D eigenvalue weighted by molar-refractivity contribution is 0.0377. The fourth-order valence-electron chi connectivity index (χ4n) is 2.05. The van der Waals surface area contributed by atoms with Gasteiger partial charge in [-0.05, 0) is 26.2 Å². The van der Waals surface area contributed by atoms with Crippen molar-refractivity contribution in [2.24, 2.45) is 4.99 Å². The number of rotatable bonds is 6. The molecule has 1 aliphatic heterocycles. The lowest BCUT2D eigenvalue weighted by Gasteiger charge is -2.26. The summed E-state index contributed by atoms with van der Waals surface area (Å²) in [7, 11) is 0. The third-order valence-corrected chi connectivity index (χ3v) is 3.27. The molecule has 0 spiro atoms. The molecular formula is C13H26N4O. The van der Waals surface area contributed by atoms with Crippen molar-refractivity contribution in [1.82, 2.24) is 15.5 Å². The normalized spacial score (nSPS) is 21.9. The summed E-state index contributed by atoms with van der Waals surface area (Å²) in [4.78, 5) is 7.07. The van der Waals surface area contributed by atoms with E-state index in [4.69, 9.17) is 4.74 Å². The number of hydrogen-bond acceptors (Lipinski definition) is 3. The molecule has 1 aliphatic carbocycles. The topological polar surface area (TPSA) is 48.9 Å². The molecule has 18 heavy (non-hydrogen) atoms. The molecular weight excluding hydrogens is 228 g/mol. The van der Waals surface area contributed by atoms with Crippen LogP contribution < -0.4 is 10.6 Å². The second-order valence-electron chi connectivity index (χ2n) is 4.99. The molecule has 0 bridgehead atoms. The van der Waals surface area contributed by atoms with Gasteiger partial charge in [-0.25, -0.2) is 0 Å². The Kier molecular flexibility index (Phi) is 5.74. The van der Waals surface area contributed by atoms with Gasteiger partial charge in [0.2, 0.25) is 0 Å². The molecule has 1 heterocycles. The first-order valence-corrected chi connectivity index (χ1v) is 7.23. The van der Waals surface area contributed by atoms with E-state index in [0.717, 1.165) is 58.3 Å². The molecule has 2 fully saturated rings. The van der Waals surface area contributed by atoms with Gasteiger partial charge >= 0.3 is 0 Å². The van der Waals surface area contributed by atoms with Gasteiger partial charge in [0.05, 0.1) is 13.2 Å². The Bertz CT molecular complexity index is 260. The monoisotopic (exact) mass is 254 g/mol. The summed E-state index contributed by atoms with van der Waals surface area (Å²) in [6.07, 6.45) is 3.71. The summed E-state index contributed by atoms with van der Waals surface area (Å²) < 4.78 is 5.34. The Balaban J connectivity index is 1.60. The standard InChI is InChI=1S/C13H26N4O/c1-2-14-13(16-12-4-5-12)15-6-3-7-17-8-10-18-11-9-17/h12H,2-11H2,1H3,(H2,14,15,16). The number of aliphatic imine (C=N–C) groups is 1. The zero-order valence-electron chi connectivity index (χ0n) is 11.5. The van der Waals surface area contributed by atoms with Crippen molar-refractivity contribution < 1.29 is 4.74 Å². The van der Waals surface area contributed by atoms with Crippen LogP contribution in [-0.4, -0.2) is 62.8 Å². The summed E-state index contributed by atoms with van der Waals surface area (Å²) in [5, 5.41) is 6.73. The summed E-state index contributed by atoms with van der Waals surface area (Å²) >= 11 is 0. The van der Waals surface area contributed by atoms with Crippen molar-refractivity contribution in [3.05, 3.63) is 0 Å². The van der Waals surface area contributed by atoms with Gasteiger partial charge in [0, 0.05) is 38.8 Å². The highest BCUT2D eigenvalue weighted by molar-refractivity contribution is 5.80. The van der Waals surface area contributed by atoms with Gasteiger partial charge in [-0.2, -0.15) is 0 Å². The van der Waals surface area contributed by atoms with Gasteiger partial charge in [-0.1, -0.05) is 0 Å². The molecule has 0 atom stereocenters. The van der Waals surface area contributed by atoms with E-state index in [1.54, 1.807) is 0 Å². The molecule has 2 rings (SSSR count). The van der Waals surface area contributed by atoms with E-state index in [-0.39, 0.29) is 0 Å². The Labute approximate surface area is 110 Å². The predicted molar refractivity (Wildman–Crippen MR) is 74.0 cm³/mol. The quantitative estimate of drug-likeness (QED) is 0.410. The molecule has 0 radical (unpaired) electrons. The molecule has 5 nitrogen and oxygen atoms in total.